The van der Waals surface area contributed by atoms with Gasteiger partial charge in [0.2, 0.25) is 0 Å². The molecular weight excluding hydrogens is 601 g/mol. The van der Waals surface area contributed by atoms with Crippen molar-refractivity contribution in [2.45, 2.75) is 0 Å². The third-order valence-corrected chi connectivity index (χ3v) is 9.89. The van der Waals surface area contributed by atoms with Gasteiger partial charge in [-0.25, -0.2) is 15.0 Å². The molecule has 0 amide bonds. The number of para-hydroxylation sites is 7. The molecule has 0 unspecified atom stereocenters. The van der Waals surface area contributed by atoms with Gasteiger partial charge in [-0.3, -0.25) is 4.57 Å². The van der Waals surface area contributed by atoms with Gasteiger partial charge in [-0.05, 0) is 76.1 Å². The summed E-state index contributed by atoms with van der Waals surface area (Å²) in [4.78, 5) is 15.7. The van der Waals surface area contributed by atoms with Crippen molar-refractivity contribution in [1.29, 1.82) is 0 Å². The number of hydrogen-bond acceptors (Lipinski definition) is 3. The lowest BCUT2D eigenvalue weighted by molar-refractivity contribution is 0.960. The lowest BCUT2D eigenvalue weighted by Crippen LogP contribution is -2.00. The summed E-state index contributed by atoms with van der Waals surface area (Å²) in [6.45, 7) is 0. The SMILES string of the molecule is Cn1c(-c2cccc3c(-c4nc5ccccc5n4-c4ccccc4)c4cccc(-c5nc6ccccc6n5C)c4cc23)nc2ccccc21. The smallest absolute Gasteiger partial charge is 0.146 e. The van der Waals surface area contributed by atoms with Gasteiger partial charge in [-0.15, -0.1) is 0 Å². The molecule has 49 heavy (non-hydrogen) atoms. The molecule has 0 N–H and O–H groups in total. The van der Waals surface area contributed by atoms with E-state index in [2.05, 4.69) is 161 Å². The molecule has 10 aromatic rings. The molecule has 0 spiro atoms. The average Bonchev–Trinajstić information content (AvgIpc) is 3.81. The van der Waals surface area contributed by atoms with Gasteiger partial charge in [-0.1, -0.05) is 91.0 Å². The Morgan fingerprint density at radius 1 is 0.388 bits per heavy atom. The molecule has 3 heterocycles. The molecule has 10 rings (SSSR count). The van der Waals surface area contributed by atoms with Crippen LogP contribution in [0.15, 0.2) is 146 Å². The molecule has 0 saturated carbocycles. The molecule has 0 aliphatic carbocycles. The van der Waals surface area contributed by atoms with Crippen molar-refractivity contribution < 1.29 is 0 Å². The standard InChI is InChI=1S/C43H30N6/c1-47-37-23-9-6-20-34(37)44-41(47)30-18-12-16-28-32(30)26-33-29(17-13-19-31(33)42-45-35-21-7-10-24-38(35)48(42)2)40(28)43-46-36-22-8-11-25-39(36)49(43)27-14-4-3-5-15-27/h3-26H,1-2H3. The molecule has 0 radical (unpaired) electrons. The fourth-order valence-corrected chi connectivity index (χ4v) is 7.60. The summed E-state index contributed by atoms with van der Waals surface area (Å²) in [5.74, 6) is 2.75. The fourth-order valence-electron chi connectivity index (χ4n) is 7.60. The first kappa shape index (κ1) is 27.6. The first-order valence-electron chi connectivity index (χ1n) is 16.5. The van der Waals surface area contributed by atoms with E-state index in [1.165, 1.54) is 0 Å². The zero-order valence-corrected chi connectivity index (χ0v) is 27.0. The van der Waals surface area contributed by atoms with Crippen molar-refractivity contribution in [1.82, 2.24) is 28.7 Å². The second-order valence-electron chi connectivity index (χ2n) is 12.6. The lowest BCUT2D eigenvalue weighted by atomic mass is 9.91. The van der Waals surface area contributed by atoms with E-state index < -0.39 is 0 Å². The molecule has 6 nitrogen and oxygen atoms in total. The molecule has 3 aromatic heterocycles. The summed E-state index contributed by atoms with van der Waals surface area (Å²) in [6, 6.07) is 51.1. The van der Waals surface area contributed by atoms with Crippen molar-refractivity contribution >= 4 is 54.6 Å². The van der Waals surface area contributed by atoms with Crippen molar-refractivity contribution in [3.05, 3.63) is 146 Å². The van der Waals surface area contributed by atoms with Crippen LogP contribution in [0, 0.1) is 0 Å². The quantitative estimate of drug-likeness (QED) is 0.182. The second-order valence-corrected chi connectivity index (χ2v) is 12.6. The third kappa shape index (κ3) is 4.04. The van der Waals surface area contributed by atoms with E-state index in [0.29, 0.717) is 0 Å². The number of hydrogen-bond donors (Lipinski definition) is 0. The van der Waals surface area contributed by atoms with Gasteiger partial charge in [-0.2, -0.15) is 0 Å². The van der Waals surface area contributed by atoms with Crippen LogP contribution in [0.2, 0.25) is 0 Å². The van der Waals surface area contributed by atoms with Gasteiger partial charge in [0.15, 0.2) is 0 Å². The lowest BCUT2D eigenvalue weighted by Gasteiger charge is -2.18. The van der Waals surface area contributed by atoms with E-state index in [0.717, 1.165) is 94.5 Å². The summed E-state index contributed by atoms with van der Waals surface area (Å²) in [5, 5.41) is 4.46. The fraction of sp³-hybridized carbons (Fsp3) is 0.0465. The van der Waals surface area contributed by atoms with E-state index >= 15 is 0 Å². The van der Waals surface area contributed by atoms with Crippen LogP contribution in [0.1, 0.15) is 0 Å². The van der Waals surface area contributed by atoms with Crippen LogP contribution in [0.25, 0.3) is 94.5 Å². The molecule has 7 aromatic carbocycles. The van der Waals surface area contributed by atoms with Crippen molar-refractivity contribution in [2.24, 2.45) is 14.1 Å². The summed E-state index contributed by atoms with van der Waals surface area (Å²) >= 11 is 0. The Morgan fingerprint density at radius 3 is 1.37 bits per heavy atom. The number of imidazole rings is 3. The van der Waals surface area contributed by atoms with E-state index in [4.69, 9.17) is 15.0 Å². The van der Waals surface area contributed by atoms with Crippen LogP contribution >= 0.6 is 0 Å². The first-order chi connectivity index (χ1) is 24.2. The molecule has 6 heteroatoms. The topological polar surface area (TPSA) is 53.5 Å². The van der Waals surface area contributed by atoms with Crippen molar-refractivity contribution in [3.63, 3.8) is 0 Å². The van der Waals surface area contributed by atoms with Gasteiger partial charge in [0.05, 0.1) is 33.1 Å². The number of rotatable bonds is 4. The monoisotopic (exact) mass is 630 g/mol. The Bertz CT molecular complexity index is 2770. The molecule has 0 atom stereocenters. The normalized spacial score (nSPS) is 11.9. The summed E-state index contributed by atoms with van der Waals surface area (Å²) in [7, 11) is 4.20. The third-order valence-electron chi connectivity index (χ3n) is 9.89. The van der Waals surface area contributed by atoms with E-state index in [-0.39, 0.29) is 0 Å². The van der Waals surface area contributed by atoms with E-state index in [1.54, 1.807) is 0 Å². The minimum absolute atomic E-state index is 0.896. The summed E-state index contributed by atoms with van der Waals surface area (Å²) in [6.07, 6.45) is 0. The summed E-state index contributed by atoms with van der Waals surface area (Å²) in [5.41, 5.74) is 10.4. The zero-order chi connectivity index (χ0) is 32.6. The Kier molecular flexibility index (Phi) is 5.90. The van der Waals surface area contributed by atoms with Crippen LogP contribution in [0.5, 0.6) is 0 Å². The molecule has 0 aliphatic rings. The average molecular weight is 631 g/mol. The highest BCUT2D eigenvalue weighted by atomic mass is 15.1. The zero-order valence-electron chi connectivity index (χ0n) is 27.0. The van der Waals surface area contributed by atoms with Crippen LogP contribution in [-0.2, 0) is 14.1 Å². The minimum Gasteiger partial charge on any atom is -0.327 e. The predicted octanol–water partition coefficient (Wildman–Crippen LogP) is 10.1. The molecule has 0 fully saturated rings. The largest absolute Gasteiger partial charge is 0.327 e. The summed E-state index contributed by atoms with van der Waals surface area (Å²) < 4.78 is 6.70. The van der Waals surface area contributed by atoms with E-state index in [1.807, 2.05) is 12.1 Å². The molecular formula is C43H30N6. The Balaban J connectivity index is 1.38. The van der Waals surface area contributed by atoms with Gasteiger partial charge in [0.25, 0.3) is 0 Å². The van der Waals surface area contributed by atoms with Crippen molar-refractivity contribution in [2.75, 3.05) is 0 Å². The highest BCUT2D eigenvalue weighted by molar-refractivity contribution is 6.18. The minimum atomic E-state index is 0.896. The van der Waals surface area contributed by atoms with Crippen LogP contribution < -0.4 is 0 Å². The van der Waals surface area contributed by atoms with Gasteiger partial charge in [0, 0.05) is 36.5 Å². The van der Waals surface area contributed by atoms with Gasteiger partial charge in [0.1, 0.15) is 17.5 Å². The van der Waals surface area contributed by atoms with Crippen molar-refractivity contribution in [3.8, 4) is 39.9 Å². The van der Waals surface area contributed by atoms with E-state index in [9.17, 15) is 0 Å². The van der Waals surface area contributed by atoms with Crippen LogP contribution in [-0.4, -0.2) is 28.7 Å². The Labute approximate surface area is 282 Å². The second kappa shape index (κ2) is 10.5. The highest BCUT2D eigenvalue weighted by Crippen LogP contribution is 2.44. The molecule has 0 aliphatic heterocycles. The number of fused-ring (bicyclic) bond motifs is 5. The maximum Gasteiger partial charge on any atom is 0.146 e. The Morgan fingerprint density at radius 2 is 0.837 bits per heavy atom. The molecule has 0 bridgehead atoms. The van der Waals surface area contributed by atoms with Gasteiger partial charge >= 0.3 is 0 Å². The number of aromatic nitrogens is 6. The maximum atomic E-state index is 5.39. The predicted molar refractivity (Wildman–Crippen MR) is 201 cm³/mol. The number of nitrogens with zero attached hydrogens (tertiary/aromatic N) is 6. The first-order valence-corrected chi connectivity index (χ1v) is 16.5. The highest BCUT2D eigenvalue weighted by Gasteiger charge is 2.23. The van der Waals surface area contributed by atoms with Crippen LogP contribution in [0.3, 0.4) is 0 Å². The number of benzene rings is 7. The number of aryl methyl sites for hydroxylation is 2. The van der Waals surface area contributed by atoms with Gasteiger partial charge < -0.3 is 9.13 Å². The molecule has 0 saturated heterocycles. The molecule has 232 valence electrons. The van der Waals surface area contributed by atoms with Crippen LogP contribution in [0.4, 0.5) is 0 Å². The Hall–Kier alpha value is -6.53. The maximum absolute atomic E-state index is 5.39.